The van der Waals surface area contributed by atoms with Crippen LogP contribution >= 0.6 is 0 Å². The fraction of sp³-hybridized carbons (Fsp3) is 0.273. The van der Waals surface area contributed by atoms with E-state index in [1.807, 2.05) is 0 Å². The summed E-state index contributed by atoms with van der Waals surface area (Å²) in [5.41, 5.74) is 1.13. The van der Waals surface area contributed by atoms with Crippen molar-refractivity contribution in [2.24, 2.45) is 0 Å². The molecule has 1 aliphatic rings. The number of hydrogen-bond acceptors (Lipinski definition) is 3. The minimum Gasteiger partial charge on any atom is -0.478 e. The first-order valence-electron chi connectivity index (χ1n) is 4.93. The van der Waals surface area contributed by atoms with Crippen LogP contribution in [0.2, 0.25) is 0 Å². The summed E-state index contributed by atoms with van der Waals surface area (Å²) in [6.45, 7) is 0.386. The second-order valence-electron chi connectivity index (χ2n) is 3.55. The van der Waals surface area contributed by atoms with E-state index in [1.54, 1.807) is 12.1 Å². The third-order valence-corrected chi connectivity index (χ3v) is 2.49. The molecular weight excluding hydrogens is 210 g/mol. The Balaban J connectivity index is 2.14. The largest absolute Gasteiger partial charge is 0.478 e. The Morgan fingerprint density at radius 3 is 2.62 bits per heavy atom. The van der Waals surface area contributed by atoms with Crippen molar-refractivity contribution in [2.75, 3.05) is 6.61 Å². The molecule has 0 aliphatic carbocycles. The summed E-state index contributed by atoms with van der Waals surface area (Å²) < 4.78 is 4.75. The van der Waals surface area contributed by atoms with Gasteiger partial charge >= 0.3 is 12.1 Å². The number of carbonyl (C=O) groups is 2. The lowest BCUT2D eigenvalue weighted by Gasteiger charge is -2.23. The number of carbonyl (C=O) groups excluding carboxylic acids is 1. The number of aromatic carboxylic acids is 1. The SMILES string of the molecule is O=C1N[C@H](c2ccc(C(=O)O)cc2)CCO1. The van der Waals surface area contributed by atoms with Gasteiger partial charge in [0.15, 0.2) is 0 Å². The van der Waals surface area contributed by atoms with Gasteiger partial charge in [-0.05, 0) is 17.7 Å². The monoisotopic (exact) mass is 221 g/mol. The Bertz CT molecular complexity index is 412. The van der Waals surface area contributed by atoms with Gasteiger partial charge in [0.05, 0.1) is 18.2 Å². The Kier molecular flexibility index (Phi) is 2.76. The van der Waals surface area contributed by atoms with Crippen LogP contribution in [0.1, 0.15) is 28.4 Å². The van der Waals surface area contributed by atoms with E-state index < -0.39 is 12.1 Å². The Labute approximate surface area is 92.0 Å². The first kappa shape index (κ1) is 10.5. The van der Waals surface area contributed by atoms with Crippen molar-refractivity contribution in [1.29, 1.82) is 0 Å². The molecule has 2 N–H and O–H groups in total. The van der Waals surface area contributed by atoms with Crippen LogP contribution in [0.25, 0.3) is 0 Å². The van der Waals surface area contributed by atoms with Gasteiger partial charge in [-0.3, -0.25) is 0 Å². The van der Waals surface area contributed by atoms with Crippen molar-refractivity contribution in [3.05, 3.63) is 35.4 Å². The fourth-order valence-corrected chi connectivity index (χ4v) is 1.63. The molecule has 1 aromatic rings. The highest BCUT2D eigenvalue weighted by Gasteiger charge is 2.20. The summed E-state index contributed by atoms with van der Waals surface area (Å²) in [6, 6.07) is 6.38. The average molecular weight is 221 g/mol. The van der Waals surface area contributed by atoms with Crippen LogP contribution in [0.4, 0.5) is 4.79 Å². The minimum absolute atomic E-state index is 0.0934. The third-order valence-electron chi connectivity index (χ3n) is 2.49. The quantitative estimate of drug-likeness (QED) is 0.794. The lowest BCUT2D eigenvalue weighted by atomic mass is 10.0. The topological polar surface area (TPSA) is 75.6 Å². The standard InChI is InChI=1S/C11H11NO4/c13-10(14)8-3-1-7(2-4-8)9-5-6-16-11(15)12-9/h1-4,9H,5-6H2,(H,12,15)(H,13,14)/t9-/m0/s1. The smallest absolute Gasteiger partial charge is 0.407 e. The molecule has 1 aromatic carbocycles. The predicted molar refractivity (Wildman–Crippen MR) is 55.2 cm³/mol. The van der Waals surface area contributed by atoms with Gasteiger partial charge in [-0.2, -0.15) is 0 Å². The highest BCUT2D eigenvalue weighted by Crippen LogP contribution is 2.20. The van der Waals surface area contributed by atoms with E-state index in [9.17, 15) is 9.59 Å². The van der Waals surface area contributed by atoms with Gasteiger partial charge in [-0.15, -0.1) is 0 Å². The van der Waals surface area contributed by atoms with Crippen LogP contribution in [0.3, 0.4) is 0 Å². The molecule has 84 valence electrons. The average Bonchev–Trinajstić information content (AvgIpc) is 2.29. The molecule has 0 unspecified atom stereocenters. The molecule has 0 aromatic heterocycles. The predicted octanol–water partition coefficient (Wildman–Crippen LogP) is 1.56. The van der Waals surface area contributed by atoms with E-state index in [0.29, 0.717) is 13.0 Å². The molecule has 0 saturated carbocycles. The number of benzene rings is 1. The Hall–Kier alpha value is -2.04. The molecule has 0 spiro atoms. The molecule has 1 heterocycles. The van der Waals surface area contributed by atoms with Gasteiger partial charge in [-0.25, -0.2) is 9.59 Å². The zero-order chi connectivity index (χ0) is 11.5. The molecule has 2 rings (SSSR count). The summed E-state index contributed by atoms with van der Waals surface area (Å²) >= 11 is 0. The lowest BCUT2D eigenvalue weighted by molar-refractivity contribution is 0.0696. The highest BCUT2D eigenvalue weighted by molar-refractivity contribution is 5.87. The molecular formula is C11H11NO4. The van der Waals surface area contributed by atoms with Crippen molar-refractivity contribution in [2.45, 2.75) is 12.5 Å². The summed E-state index contributed by atoms with van der Waals surface area (Å²) in [7, 11) is 0. The van der Waals surface area contributed by atoms with Crippen molar-refractivity contribution < 1.29 is 19.4 Å². The fourth-order valence-electron chi connectivity index (χ4n) is 1.63. The van der Waals surface area contributed by atoms with Crippen molar-refractivity contribution in [1.82, 2.24) is 5.32 Å². The molecule has 1 amide bonds. The minimum atomic E-state index is -0.956. The zero-order valence-electron chi connectivity index (χ0n) is 8.47. The van der Waals surface area contributed by atoms with Crippen molar-refractivity contribution >= 4 is 12.1 Å². The van der Waals surface area contributed by atoms with Gasteiger partial charge in [0.2, 0.25) is 0 Å². The molecule has 5 nitrogen and oxygen atoms in total. The number of nitrogens with one attached hydrogen (secondary N) is 1. The highest BCUT2D eigenvalue weighted by atomic mass is 16.5. The van der Waals surface area contributed by atoms with E-state index in [4.69, 9.17) is 9.84 Å². The number of rotatable bonds is 2. The second-order valence-corrected chi connectivity index (χ2v) is 3.55. The van der Waals surface area contributed by atoms with E-state index in [1.165, 1.54) is 12.1 Å². The number of carboxylic acid groups (broad SMARTS) is 1. The number of alkyl carbamates (subject to hydrolysis) is 1. The summed E-state index contributed by atoms with van der Waals surface area (Å²) in [6.07, 6.45) is 0.261. The summed E-state index contributed by atoms with van der Waals surface area (Å²) in [5, 5.41) is 11.4. The maximum atomic E-state index is 11.0. The molecule has 5 heteroatoms. The first-order valence-corrected chi connectivity index (χ1v) is 4.93. The van der Waals surface area contributed by atoms with Gasteiger partial charge in [0.1, 0.15) is 0 Å². The van der Waals surface area contributed by atoms with Crippen molar-refractivity contribution in [3.8, 4) is 0 Å². The second kappa shape index (κ2) is 4.22. The molecule has 1 aliphatic heterocycles. The first-order chi connectivity index (χ1) is 7.66. The normalized spacial score (nSPS) is 19.8. The third kappa shape index (κ3) is 2.13. The molecule has 1 fully saturated rings. The van der Waals surface area contributed by atoms with Crippen LogP contribution in [0.15, 0.2) is 24.3 Å². The molecule has 1 atom stereocenters. The zero-order valence-corrected chi connectivity index (χ0v) is 8.47. The van der Waals surface area contributed by atoms with E-state index in [0.717, 1.165) is 5.56 Å². The maximum absolute atomic E-state index is 11.0. The maximum Gasteiger partial charge on any atom is 0.407 e. The van der Waals surface area contributed by atoms with Gasteiger partial charge in [-0.1, -0.05) is 12.1 Å². The number of carboxylic acids is 1. The Morgan fingerprint density at radius 2 is 2.06 bits per heavy atom. The number of hydrogen-bond donors (Lipinski definition) is 2. The van der Waals surface area contributed by atoms with Crippen LogP contribution < -0.4 is 5.32 Å². The van der Waals surface area contributed by atoms with Gasteiger partial charge in [0.25, 0.3) is 0 Å². The molecule has 0 bridgehead atoms. The summed E-state index contributed by atoms with van der Waals surface area (Å²) in [5.74, 6) is -0.956. The van der Waals surface area contributed by atoms with Crippen LogP contribution in [0, 0.1) is 0 Å². The van der Waals surface area contributed by atoms with Gasteiger partial charge in [0, 0.05) is 6.42 Å². The number of amides is 1. The molecule has 16 heavy (non-hydrogen) atoms. The van der Waals surface area contributed by atoms with Crippen molar-refractivity contribution in [3.63, 3.8) is 0 Å². The van der Waals surface area contributed by atoms with Crippen LogP contribution in [-0.4, -0.2) is 23.8 Å². The summed E-state index contributed by atoms with van der Waals surface area (Å²) in [4.78, 5) is 21.6. The molecule has 1 saturated heterocycles. The van der Waals surface area contributed by atoms with E-state index >= 15 is 0 Å². The van der Waals surface area contributed by atoms with Crippen LogP contribution in [-0.2, 0) is 4.74 Å². The van der Waals surface area contributed by atoms with E-state index in [2.05, 4.69) is 5.32 Å². The van der Waals surface area contributed by atoms with E-state index in [-0.39, 0.29) is 11.6 Å². The van der Waals surface area contributed by atoms with Gasteiger partial charge < -0.3 is 15.2 Å². The Morgan fingerprint density at radius 1 is 1.38 bits per heavy atom. The number of ether oxygens (including phenoxy) is 1. The lowest BCUT2D eigenvalue weighted by Crippen LogP contribution is -2.35. The molecule has 0 radical (unpaired) electrons. The van der Waals surface area contributed by atoms with Crippen LogP contribution in [0.5, 0.6) is 0 Å². The number of cyclic esters (lactones) is 1.